The molecule has 0 bridgehead atoms. The molecular weight excluding hydrogens is 680 g/mol. The number of aryl methyl sites for hydroxylation is 2. The largest absolute Gasteiger partial charge is 0.462 e. The number of nitrogens with one attached hydrogen (secondary N) is 1. The molecule has 3 aromatic heterocycles. The third kappa shape index (κ3) is 5.63. The van der Waals surface area contributed by atoms with Gasteiger partial charge in [0.15, 0.2) is 5.78 Å². The van der Waals surface area contributed by atoms with E-state index in [0.29, 0.717) is 27.9 Å². The number of rotatable bonds is 6. The molecule has 11 heteroatoms. The highest BCUT2D eigenvalue weighted by molar-refractivity contribution is 9.10. The van der Waals surface area contributed by atoms with E-state index >= 15 is 0 Å². The van der Waals surface area contributed by atoms with Gasteiger partial charge in [0.25, 0.3) is 0 Å². The fourth-order valence-electron chi connectivity index (χ4n) is 5.38. The van der Waals surface area contributed by atoms with Crippen LogP contribution in [0.25, 0.3) is 33.1 Å². The summed E-state index contributed by atoms with van der Waals surface area (Å²) in [6.45, 7) is 8.76. The first-order valence-electron chi connectivity index (χ1n) is 13.7. The zero-order valence-electron chi connectivity index (χ0n) is 25.0. The van der Waals surface area contributed by atoms with Crippen LogP contribution in [-0.2, 0) is 23.6 Å². The van der Waals surface area contributed by atoms with E-state index in [0.717, 1.165) is 25.4 Å². The van der Waals surface area contributed by atoms with Crippen molar-refractivity contribution < 1.29 is 23.9 Å². The Hall–Kier alpha value is -3.83. The Morgan fingerprint density at radius 1 is 0.884 bits per heavy atom. The van der Waals surface area contributed by atoms with Crippen molar-refractivity contribution in [2.75, 3.05) is 12.0 Å². The van der Waals surface area contributed by atoms with Gasteiger partial charge in [-0.2, -0.15) is 0 Å². The Balaban J connectivity index is 1.89. The molecule has 5 aromatic rings. The number of benzene rings is 2. The number of carbonyl (C=O) groups is 3. The predicted octanol–water partition coefficient (Wildman–Crippen LogP) is 7.86. The second-order valence-electron chi connectivity index (χ2n) is 11.3. The van der Waals surface area contributed by atoms with Crippen molar-refractivity contribution in [3.05, 3.63) is 80.1 Å². The molecule has 0 aliphatic carbocycles. The van der Waals surface area contributed by atoms with Crippen LogP contribution in [0, 0.1) is 6.92 Å². The van der Waals surface area contributed by atoms with Gasteiger partial charge in [0.05, 0.1) is 29.1 Å². The van der Waals surface area contributed by atoms with E-state index in [-0.39, 0.29) is 23.5 Å². The molecule has 3 heterocycles. The minimum Gasteiger partial charge on any atom is -0.462 e. The fourth-order valence-corrected chi connectivity index (χ4v) is 6.11. The number of aromatic nitrogens is 3. The maximum Gasteiger partial charge on any atom is 0.426 e. The summed E-state index contributed by atoms with van der Waals surface area (Å²) in [5, 5.41) is 1.53. The van der Waals surface area contributed by atoms with Crippen molar-refractivity contribution in [3.63, 3.8) is 0 Å². The number of nitrogens with zero attached hydrogens (tertiary/aromatic N) is 3. The lowest BCUT2D eigenvalue weighted by Crippen LogP contribution is -2.32. The normalized spacial score (nSPS) is 11.7. The minimum atomic E-state index is -0.783. The maximum atomic E-state index is 14.8. The topological polar surface area (TPSA) is 96.5 Å². The summed E-state index contributed by atoms with van der Waals surface area (Å²) in [7, 11) is 3.76. The summed E-state index contributed by atoms with van der Waals surface area (Å²) in [6.07, 6.45) is 2.90. The molecule has 0 spiro atoms. The van der Waals surface area contributed by atoms with Gasteiger partial charge in [-0.1, -0.05) is 31.9 Å². The van der Waals surface area contributed by atoms with Gasteiger partial charge in [0, 0.05) is 68.4 Å². The van der Waals surface area contributed by atoms with Crippen molar-refractivity contribution in [1.82, 2.24) is 13.8 Å². The molecule has 0 saturated heterocycles. The van der Waals surface area contributed by atoms with Gasteiger partial charge >= 0.3 is 12.1 Å². The summed E-state index contributed by atoms with van der Waals surface area (Å²) in [6, 6.07) is 11.5. The maximum absolute atomic E-state index is 14.8. The van der Waals surface area contributed by atoms with Crippen molar-refractivity contribution in [2.24, 2.45) is 14.1 Å². The number of ketones is 1. The third-order valence-electron chi connectivity index (χ3n) is 7.12. The SMILES string of the molecule is CCOC(=O)c1c(C(=O)c2cn(C)c3ccc(Br)cc23)c(-c2cn(C)c3ccc(Br)cc23)n(NC(=O)OC(C)(C)C)c1C. The van der Waals surface area contributed by atoms with Crippen molar-refractivity contribution in [1.29, 1.82) is 0 Å². The first-order chi connectivity index (χ1) is 20.2. The van der Waals surface area contributed by atoms with Crippen LogP contribution in [0.5, 0.6) is 0 Å². The lowest BCUT2D eigenvalue weighted by molar-refractivity contribution is 0.0520. The van der Waals surface area contributed by atoms with Crippen LogP contribution < -0.4 is 5.43 Å². The van der Waals surface area contributed by atoms with Crippen LogP contribution in [0.3, 0.4) is 0 Å². The summed E-state index contributed by atoms with van der Waals surface area (Å²) in [5.74, 6) is -1.06. The Morgan fingerprint density at radius 3 is 2.07 bits per heavy atom. The number of hydrogen-bond acceptors (Lipinski definition) is 5. The Bertz CT molecular complexity index is 1940. The fraction of sp³-hybridized carbons (Fsp3) is 0.281. The molecule has 224 valence electrons. The number of fused-ring (bicyclic) bond motifs is 2. The van der Waals surface area contributed by atoms with Gasteiger partial charge < -0.3 is 18.6 Å². The molecule has 5 rings (SSSR count). The van der Waals surface area contributed by atoms with Gasteiger partial charge in [0.1, 0.15) is 5.60 Å². The summed E-state index contributed by atoms with van der Waals surface area (Å²) >= 11 is 7.10. The van der Waals surface area contributed by atoms with Crippen molar-refractivity contribution in [3.8, 4) is 11.3 Å². The van der Waals surface area contributed by atoms with Gasteiger partial charge in [-0.25, -0.2) is 15.0 Å². The van der Waals surface area contributed by atoms with E-state index in [9.17, 15) is 14.4 Å². The Morgan fingerprint density at radius 2 is 1.47 bits per heavy atom. The molecule has 0 radical (unpaired) electrons. The van der Waals surface area contributed by atoms with Gasteiger partial charge in [-0.15, -0.1) is 0 Å². The molecule has 0 unspecified atom stereocenters. The first kappa shape index (κ1) is 30.6. The zero-order valence-corrected chi connectivity index (χ0v) is 28.1. The van der Waals surface area contributed by atoms with Crippen LogP contribution in [0.1, 0.15) is 59.7 Å². The standard InChI is InChI=1S/C32H32Br2N4O5/c1-8-42-30(40)26-17(2)38(35-31(41)43-32(3,4)5)28(22-15-36(6)24-11-9-18(33)13-20(22)24)27(26)29(39)23-16-37(7)25-12-10-19(34)14-21(23)25/h9-16H,8H2,1-7H3,(H,35,41). The number of amides is 1. The van der Waals surface area contributed by atoms with Crippen molar-refractivity contribution in [2.45, 2.75) is 40.2 Å². The monoisotopic (exact) mass is 710 g/mol. The molecule has 43 heavy (non-hydrogen) atoms. The molecule has 9 nitrogen and oxygen atoms in total. The Kier molecular flexibility index (Phi) is 8.08. The molecule has 0 aliphatic heterocycles. The minimum absolute atomic E-state index is 0.0666. The number of hydrogen-bond donors (Lipinski definition) is 1. The lowest BCUT2D eigenvalue weighted by Gasteiger charge is -2.21. The van der Waals surface area contributed by atoms with Crippen LogP contribution in [0.2, 0.25) is 0 Å². The molecule has 0 atom stereocenters. The Labute approximate surface area is 266 Å². The van der Waals surface area contributed by atoms with E-state index in [1.165, 1.54) is 4.68 Å². The average Bonchev–Trinajstić information content (AvgIpc) is 3.51. The van der Waals surface area contributed by atoms with E-state index in [1.807, 2.05) is 65.8 Å². The summed E-state index contributed by atoms with van der Waals surface area (Å²) in [4.78, 5) is 41.6. The first-order valence-corrected chi connectivity index (χ1v) is 15.3. The van der Waals surface area contributed by atoms with Crippen LogP contribution in [0.15, 0.2) is 57.7 Å². The van der Waals surface area contributed by atoms with E-state index in [1.54, 1.807) is 40.8 Å². The number of halogens is 2. The lowest BCUT2D eigenvalue weighted by atomic mass is 9.95. The smallest absolute Gasteiger partial charge is 0.426 e. The van der Waals surface area contributed by atoms with E-state index in [2.05, 4.69) is 37.3 Å². The molecule has 0 aliphatic rings. The van der Waals surface area contributed by atoms with Crippen LogP contribution in [0.4, 0.5) is 4.79 Å². The zero-order chi connectivity index (χ0) is 31.4. The second kappa shape index (κ2) is 11.3. The van der Waals surface area contributed by atoms with Crippen molar-refractivity contribution >= 4 is 71.5 Å². The second-order valence-corrected chi connectivity index (χ2v) is 13.1. The molecule has 2 aromatic carbocycles. The predicted molar refractivity (Wildman–Crippen MR) is 174 cm³/mol. The molecule has 1 N–H and O–H groups in total. The highest BCUT2D eigenvalue weighted by Gasteiger charge is 2.35. The summed E-state index contributed by atoms with van der Waals surface area (Å²) < 4.78 is 18.0. The van der Waals surface area contributed by atoms with Gasteiger partial charge in [0.2, 0.25) is 0 Å². The van der Waals surface area contributed by atoms with E-state index in [4.69, 9.17) is 9.47 Å². The highest BCUT2D eigenvalue weighted by atomic mass is 79.9. The quantitative estimate of drug-likeness (QED) is 0.143. The van der Waals surface area contributed by atoms with E-state index < -0.39 is 17.7 Å². The molecule has 0 fully saturated rings. The highest BCUT2D eigenvalue weighted by Crippen LogP contribution is 2.40. The number of ether oxygens (including phenoxy) is 2. The third-order valence-corrected chi connectivity index (χ3v) is 8.11. The average molecular weight is 712 g/mol. The van der Waals surface area contributed by atoms with Crippen LogP contribution in [-0.4, -0.2) is 43.9 Å². The van der Waals surface area contributed by atoms with Gasteiger partial charge in [-0.3, -0.25) is 9.47 Å². The summed E-state index contributed by atoms with van der Waals surface area (Å²) in [5.41, 5.74) is 5.66. The van der Waals surface area contributed by atoms with Gasteiger partial charge in [-0.05, 0) is 71.0 Å². The molecule has 1 amide bonds. The number of carbonyl (C=O) groups excluding carboxylic acids is 3. The van der Waals surface area contributed by atoms with Crippen LogP contribution >= 0.6 is 31.9 Å². The number of esters is 1. The molecular formula is C32H32Br2N4O5. The molecule has 0 saturated carbocycles.